The number of hydrogen-bond donors (Lipinski definition) is 3. The summed E-state index contributed by atoms with van der Waals surface area (Å²) in [5, 5.41) is 22.5. The number of carboxylic acids is 1. The fraction of sp³-hybridized carbons (Fsp3) is 0.533. The zero-order valence-corrected chi connectivity index (χ0v) is 24.6. The number of hydrogen-bond acceptors (Lipinski definition) is 9. The van der Waals surface area contributed by atoms with Gasteiger partial charge in [0.15, 0.2) is 0 Å². The number of nitrogens with one attached hydrogen (secondary N) is 1. The van der Waals surface area contributed by atoms with Gasteiger partial charge in [-0.25, -0.2) is 9.59 Å². The average Bonchev–Trinajstić information content (AvgIpc) is 2.92. The molecular formula is C30H43NO10. The van der Waals surface area contributed by atoms with Crippen LogP contribution in [-0.2, 0) is 37.0 Å². The number of ether oxygens (including phenoxy) is 6. The Labute approximate surface area is 241 Å². The molecule has 1 amide bonds. The maximum Gasteiger partial charge on any atom is 0.408 e. The van der Waals surface area contributed by atoms with Crippen LogP contribution in [0.3, 0.4) is 0 Å². The smallest absolute Gasteiger partial charge is 0.408 e. The minimum absolute atomic E-state index is 0.000168. The van der Waals surface area contributed by atoms with Crippen molar-refractivity contribution < 1.29 is 48.2 Å². The Morgan fingerprint density at radius 2 is 1.39 bits per heavy atom. The molecule has 0 spiro atoms. The second-order valence-corrected chi connectivity index (χ2v) is 10.5. The van der Waals surface area contributed by atoms with Gasteiger partial charge in [-0.05, 0) is 63.1 Å². The zero-order chi connectivity index (χ0) is 30.4. The van der Waals surface area contributed by atoms with Gasteiger partial charge in [0.25, 0.3) is 0 Å². The van der Waals surface area contributed by atoms with Crippen molar-refractivity contribution in [1.29, 1.82) is 0 Å². The van der Waals surface area contributed by atoms with Crippen molar-refractivity contribution in [3.8, 4) is 11.5 Å². The summed E-state index contributed by atoms with van der Waals surface area (Å²) in [4.78, 5) is 23.7. The fourth-order valence-electron chi connectivity index (χ4n) is 3.74. The number of methoxy groups -OCH3 is 2. The van der Waals surface area contributed by atoms with Crippen LogP contribution in [-0.4, -0.2) is 79.7 Å². The summed E-state index contributed by atoms with van der Waals surface area (Å²) < 4.78 is 33.6. The molecule has 0 saturated heterocycles. The summed E-state index contributed by atoms with van der Waals surface area (Å²) >= 11 is 0. The first-order chi connectivity index (χ1) is 19.4. The van der Waals surface area contributed by atoms with E-state index >= 15 is 0 Å². The number of aliphatic carboxylic acids is 1. The summed E-state index contributed by atoms with van der Waals surface area (Å²) in [5.74, 6) is 0.221. The van der Waals surface area contributed by atoms with Gasteiger partial charge < -0.3 is 44.0 Å². The predicted molar refractivity (Wildman–Crippen MR) is 151 cm³/mol. The van der Waals surface area contributed by atoms with E-state index in [2.05, 4.69) is 5.32 Å². The molecule has 228 valence electrons. The van der Waals surface area contributed by atoms with E-state index in [9.17, 15) is 19.8 Å². The molecule has 11 nitrogen and oxygen atoms in total. The number of amides is 1. The second kappa shape index (κ2) is 16.8. The highest BCUT2D eigenvalue weighted by Crippen LogP contribution is 2.19. The lowest BCUT2D eigenvalue weighted by Crippen LogP contribution is -2.45. The van der Waals surface area contributed by atoms with Crippen LogP contribution in [0.5, 0.6) is 11.5 Å². The van der Waals surface area contributed by atoms with Crippen LogP contribution in [0.1, 0.15) is 45.2 Å². The lowest BCUT2D eigenvalue weighted by atomic mass is 10.1. The molecule has 0 bridgehead atoms. The Hall–Kier alpha value is -3.38. The van der Waals surface area contributed by atoms with Crippen LogP contribution in [0.4, 0.5) is 4.79 Å². The molecule has 0 saturated carbocycles. The molecule has 0 aliphatic carbocycles. The van der Waals surface area contributed by atoms with E-state index in [1.165, 1.54) is 0 Å². The van der Waals surface area contributed by atoms with E-state index in [0.717, 1.165) is 16.9 Å². The molecule has 0 unspecified atom stereocenters. The molecule has 2 rings (SSSR count). The number of benzene rings is 2. The molecule has 0 fully saturated rings. The first kappa shape index (κ1) is 33.8. The van der Waals surface area contributed by atoms with Gasteiger partial charge in [0.2, 0.25) is 0 Å². The molecule has 0 radical (unpaired) electrons. The normalized spacial score (nSPS) is 14.4. The molecule has 0 aliphatic rings. The molecule has 2 aromatic carbocycles. The summed E-state index contributed by atoms with van der Waals surface area (Å²) in [5.41, 5.74) is 0.992. The monoisotopic (exact) mass is 577 g/mol. The van der Waals surface area contributed by atoms with E-state index in [0.29, 0.717) is 5.75 Å². The van der Waals surface area contributed by atoms with Crippen molar-refractivity contribution in [3.05, 3.63) is 59.7 Å². The van der Waals surface area contributed by atoms with E-state index in [-0.39, 0.29) is 32.8 Å². The lowest BCUT2D eigenvalue weighted by Gasteiger charge is -2.30. The van der Waals surface area contributed by atoms with Gasteiger partial charge in [-0.1, -0.05) is 24.3 Å². The third kappa shape index (κ3) is 12.8. The van der Waals surface area contributed by atoms with Crippen LogP contribution in [0.15, 0.2) is 48.5 Å². The summed E-state index contributed by atoms with van der Waals surface area (Å²) in [7, 11) is 3.18. The molecular weight excluding hydrogens is 534 g/mol. The van der Waals surface area contributed by atoms with Crippen molar-refractivity contribution in [3.63, 3.8) is 0 Å². The molecule has 2 aromatic rings. The van der Waals surface area contributed by atoms with Crippen molar-refractivity contribution in [2.24, 2.45) is 0 Å². The van der Waals surface area contributed by atoms with E-state index in [4.69, 9.17) is 28.4 Å². The minimum Gasteiger partial charge on any atom is -0.497 e. The topological polar surface area (TPSA) is 142 Å². The molecule has 11 heteroatoms. The Bertz CT molecular complexity index is 1050. The molecule has 41 heavy (non-hydrogen) atoms. The Morgan fingerprint density at radius 3 is 1.83 bits per heavy atom. The lowest BCUT2D eigenvalue weighted by molar-refractivity contribution is -0.149. The standard InChI is InChI=1S/C30H43NO10/c1-20(32)27(40-18-22-9-13-24(37-6)14-10-22)26(39-17-21-7-11-23(36-5)12-8-21)19-38-16-15-25(28(33)34)31-29(35)41-30(2,3)4/h7-14,20,25-27,32H,15-19H2,1-6H3,(H,31,35)(H,33,34)/t20-,25-,26-,27-/m0/s1. The van der Waals surface area contributed by atoms with Crippen molar-refractivity contribution in [2.45, 2.75) is 77.3 Å². The largest absolute Gasteiger partial charge is 0.497 e. The zero-order valence-electron chi connectivity index (χ0n) is 24.6. The van der Waals surface area contributed by atoms with Gasteiger partial charge in [0, 0.05) is 13.0 Å². The third-order valence-corrected chi connectivity index (χ3v) is 5.89. The molecule has 4 atom stereocenters. The van der Waals surface area contributed by atoms with Crippen LogP contribution >= 0.6 is 0 Å². The van der Waals surface area contributed by atoms with Crippen molar-refractivity contribution in [2.75, 3.05) is 27.4 Å². The highest BCUT2D eigenvalue weighted by molar-refractivity contribution is 5.79. The molecule has 3 N–H and O–H groups in total. The van der Waals surface area contributed by atoms with Gasteiger partial charge in [0.1, 0.15) is 35.3 Å². The number of aliphatic hydroxyl groups is 1. The number of aliphatic hydroxyl groups excluding tert-OH is 1. The maximum absolute atomic E-state index is 12.0. The van der Waals surface area contributed by atoms with Crippen LogP contribution in [0.25, 0.3) is 0 Å². The SMILES string of the molecule is COc1ccc(CO[C@@H]([C@H](C)O)[C@H](COCC[C@H](NC(=O)OC(C)(C)C)C(=O)O)OCc2ccc(OC)cc2)cc1. The minimum atomic E-state index is -1.21. The first-order valence-electron chi connectivity index (χ1n) is 13.4. The van der Waals surface area contributed by atoms with Gasteiger partial charge in [-0.3, -0.25) is 0 Å². The Kier molecular flexibility index (Phi) is 13.8. The number of carboxylic acid groups (broad SMARTS) is 1. The van der Waals surface area contributed by atoms with E-state index < -0.39 is 42.0 Å². The number of alkyl carbamates (subject to hydrolysis) is 1. The average molecular weight is 578 g/mol. The number of carbonyl (C=O) groups excluding carboxylic acids is 1. The van der Waals surface area contributed by atoms with Gasteiger partial charge in [-0.15, -0.1) is 0 Å². The molecule has 0 aromatic heterocycles. The quantitative estimate of drug-likeness (QED) is 0.237. The highest BCUT2D eigenvalue weighted by Gasteiger charge is 2.29. The van der Waals surface area contributed by atoms with Crippen LogP contribution in [0, 0.1) is 0 Å². The first-order valence-corrected chi connectivity index (χ1v) is 13.4. The van der Waals surface area contributed by atoms with Gasteiger partial charge in [0.05, 0.1) is 40.1 Å². The molecule has 0 heterocycles. The van der Waals surface area contributed by atoms with E-state index in [1.54, 1.807) is 41.9 Å². The number of rotatable bonds is 17. The Morgan fingerprint density at radius 1 is 0.878 bits per heavy atom. The highest BCUT2D eigenvalue weighted by atomic mass is 16.6. The summed E-state index contributed by atoms with van der Waals surface area (Å²) in [6, 6.07) is 13.5. The van der Waals surface area contributed by atoms with Crippen molar-refractivity contribution >= 4 is 12.1 Å². The van der Waals surface area contributed by atoms with Gasteiger partial charge >= 0.3 is 12.1 Å². The second-order valence-electron chi connectivity index (χ2n) is 10.5. The Balaban J connectivity index is 2.05. The van der Waals surface area contributed by atoms with Gasteiger partial charge in [-0.2, -0.15) is 0 Å². The van der Waals surface area contributed by atoms with E-state index in [1.807, 2.05) is 48.5 Å². The molecule has 0 aliphatic heterocycles. The summed E-state index contributed by atoms with van der Waals surface area (Å²) in [6.45, 7) is 7.10. The maximum atomic E-state index is 12.0. The predicted octanol–water partition coefficient (Wildman–Crippen LogP) is 3.94. The van der Waals surface area contributed by atoms with Crippen molar-refractivity contribution in [1.82, 2.24) is 5.32 Å². The third-order valence-electron chi connectivity index (χ3n) is 5.89. The van der Waals surface area contributed by atoms with Crippen LogP contribution in [0.2, 0.25) is 0 Å². The number of carbonyl (C=O) groups is 2. The van der Waals surface area contributed by atoms with Crippen LogP contribution < -0.4 is 14.8 Å². The summed E-state index contributed by atoms with van der Waals surface area (Å²) in [6.07, 6.45) is -3.20. The fourth-order valence-corrected chi connectivity index (χ4v) is 3.74.